The van der Waals surface area contributed by atoms with E-state index in [-0.39, 0.29) is 24.2 Å². The number of nitrogens with zero attached hydrogens (tertiary/aromatic N) is 4. The van der Waals surface area contributed by atoms with Gasteiger partial charge >= 0.3 is 5.97 Å². The molecule has 5 aliphatic heterocycles. The summed E-state index contributed by atoms with van der Waals surface area (Å²) in [6, 6.07) is 8.12. The summed E-state index contributed by atoms with van der Waals surface area (Å²) >= 11 is 0. The Morgan fingerprint density at radius 2 is 1.08 bits per heavy atom. The summed E-state index contributed by atoms with van der Waals surface area (Å²) in [7, 11) is 0. The summed E-state index contributed by atoms with van der Waals surface area (Å²) in [5, 5.41) is 15.6. The van der Waals surface area contributed by atoms with Crippen molar-refractivity contribution >= 4 is 23.1 Å². The lowest BCUT2D eigenvalue weighted by atomic mass is 9.86. The molecule has 96 heavy (non-hydrogen) atoms. The average molecular weight is 1310 g/mol. The number of hydrogen-bond donors (Lipinski definition) is 2. The van der Waals surface area contributed by atoms with Crippen LogP contribution in [0.2, 0.25) is 0 Å². The maximum Gasteiger partial charge on any atom is 0.305 e. The topological polar surface area (TPSA) is 136 Å². The Balaban J connectivity index is 0.923. The number of benzene rings is 1. The Bertz CT molecular complexity index is 3250. The summed E-state index contributed by atoms with van der Waals surface area (Å²) in [4.78, 5) is 33.9. The number of unbranched alkanes of at least 4 members (excludes halogenated alkanes) is 29. The zero-order valence-corrected chi connectivity index (χ0v) is 60.8. The van der Waals surface area contributed by atoms with E-state index in [9.17, 15) is 9.90 Å². The number of pyridine rings is 1. The predicted molar refractivity (Wildman–Crippen MR) is 399 cm³/mol. The second-order valence-corrected chi connectivity index (χ2v) is 28.0. The number of esters is 1. The molecule has 2 aromatic rings. The number of allylic oxidation sites excluding steroid dienone is 12. The molecule has 0 unspecified atom stereocenters. The van der Waals surface area contributed by atoms with Gasteiger partial charge in [-0.3, -0.25) is 9.78 Å². The molecular weight excluding hydrogens is 1190 g/mol. The fraction of sp³-hybridized carbons (Fsp3) is 0.612. The molecule has 0 spiro atoms. The summed E-state index contributed by atoms with van der Waals surface area (Å²) < 4.78 is 26.2. The number of nitrogens with one attached hydrogen (secondary N) is 1. The molecule has 11 nitrogen and oxygen atoms in total. The molecule has 1 saturated heterocycles. The molecule has 1 aliphatic carbocycles. The van der Waals surface area contributed by atoms with Crippen LogP contribution in [0.3, 0.4) is 0 Å². The highest BCUT2D eigenvalue weighted by Gasteiger charge is 2.41. The van der Waals surface area contributed by atoms with Gasteiger partial charge in [-0.15, -0.1) is 0 Å². The molecule has 2 N–H and O–H groups in total. The maximum atomic E-state index is 13.9. The Hall–Kier alpha value is -6.67. The van der Waals surface area contributed by atoms with E-state index in [1.54, 1.807) is 12.4 Å². The normalized spacial score (nSPS) is 17.2. The molecular formula is C85H121N5O6. The van der Waals surface area contributed by atoms with E-state index in [0.717, 1.165) is 164 Å². The van der Waals surface area contributed by atoms with Crippen LogP contribution in [0.25, 0.3) is 0 Å². The number of carbonyl (C=O) groups is 1. The minimum Gasteiger partial charge on any atom is -0.511 e. The molecule has 8 bridgehead atoms. The lowest BCUT2D eigenvalue weighted by molar-refractivity contribution is -0.144. The first kappa shape index (κ1) is 75.1. The fourth-order valence-corrected chi connectivity index (χ4v) is 14.5. The molecule has 1 aromatic heterocycles. The second-order valence-electron chi connectivity index (χ2n) is 28.0. The van der Waals surface area contributed by atoms with Gasteiger partial charge in [-0.2, -0.15) is 0 Å². The minimum atomic E-state index is -0.198. The highest BCUT2D eigenvalue weighted by molar-refractivity contribution is 6.21. The standard InChI is InChI=1S/C85H121N5O6/c1-9-13-16-19-22-25-28-31-34-39-52-93-67-56-80(94-53-40-35-32-29-26-23-20-17-14-10-2)71(81(57-67)95-54-41-36-33-30-27-24-21-18-15-11-3)43-38-37-42-55-96-82(92)47-46-70-64(7)75-59-73-63(6)69(45-44-66-48-50-86-51-49-66)78(88-73)60-74-62(5)68(12-4)77(87-74)61-76-65(8)83-79(91)58-72(84(70)89-75)85(83)90-76/h48-51,56-57,59-61,64,70,89,91H,9-43,46-47,52-55,58H2,1-8H3/t64-,70-/m0/s1. The second kappa shape index (κ2) is 41.6. The van der Waals surface area contributed by atoms with Crippen molar-refractivity contribution in [3.05, 3.63) is 139 Å². The Morgan fingerprint density at radius 3 is 1.65 bits per heavy atom. The van der Waals surface area contributed by atoms with Crippen LogP contribution in [0.4, 0.5) is 0 Å². The number of aromatic nitrogens is 1. The smallest absolute Gasteiger partial charge is 0.305 e. The first-order valence-corrected chi connectivity index (χ1v) is 38.6. The van der Waals surface area contributed by atoms with Gasteiger partial charge in [0.1, 0.15) is 23.0 Å². The van der Waals surface area contributed by atoms with Crippen molar-refractivity contribution < 1.29 is 28.8 Å². The number of aliphatic hydroxyl groups excluding tert-OH is 1. The monoisotopic (exact) mass is 1310 g/mol. The van der Waals surface area contributed by atoms with Gasteiger partial charge in [-0.05, 0) is 131 Å². The highest BCUT2D eigenvalue weighted by atomic mass is 16.5. The van der Waals surface area contributed by atoms with Gasteiger partial charge in [-0.25, -0.2) is 15.0 Å². The van der Waals surface area contributed by atoms with Crippen LogP contribution >= 0.6 is 0 Å². The predicted octanol–water partition coefficient (Wildman–Crippen LogP) is 22.7. The summed E-state index contributed by atoms with van der Waals surface area (Å²) in [6.07, 6.45) is 53.8. The largest absolute Gasteiger partial charge is 0.511 e. The van der Waals surface area contributed by atoms with E-state index in [1.807, 2.05) is 19.1 Å². The molecule has 0 amide bonds. The third-order valence-corrected chi connectivity index (χ3v) is 20.5. The van der Waals surface area contributed by atoms with Crippen LogP contribution in [0.15, 0.2) is 143 Å². The molecule has 1 fully saturated rings. The summed E-state index contributed by atoms with van der Waals surface area (Å²) in [5.74, 6) is 9.53. The van der Waals surface area contributed by atoms with Gasteiger partial charge in [0.15, 0.2) is 0 Å². The highest BCUT2D eigenvalue weighted by Crippen LogP contribution is 2.47. The van der Waals surface area contributed by atoms with Gasteiger partial charge in [0.2, 0.25) is 0 Å². The SMILES string of the molecule is CCCCCCCCCCCCOc1cc(OCCCCCCCCCCCC)c(CCCCCOC(=O)CC[C@@H]2C3=C4CC(O)=C5C4=NC(=C5C)C=C4N=C(C=C5N=C(C=C(N3)[C@H]2C)C(C)=C5C#Cc2ccncc2)C(C)=C4CC)c(OCCCCCCCCCCCC)c1. The average Bonchev–Trinajstić information content (AvgIpc) is 1.58. The van der Waals surface area contributed by atoms with Crippen molar-refractivity contribution in [3.8, 4) is 29.1 Å². The Morgan fingerprint density at radius 1 is 0.573 bits per heavy atom. The minimum absolute atomic E-state index is 0.00917. The van der Waals surface area contributed by atoms with Gasteiger partial charge in [0, 0.05) is 82.9 Å². The first-order chi connectivity index (χ1) is 47.0. The number of hydrogen-bond acceptors (Lipinski definition) is 11. The first-order valence-electron chi connectivity index (χ1n) is 38.6. The van der Waals surface area contributed by atoms with E-state index in [1.165, 1.54) is 173 Å². The van der Waals surface area contributed by atoms with Crippen molar-refractivity contribution in [2.24, 2.45) is 26.8 Å². The molecule has 6 aliphatic rings. The number of aliphatic hydroxyl groups is 1. The van der Waals surface area contributed by atoms with E-state index in [2.05, 4.69) is 101 Å². The summed E-state index contributed by atoms with van der Waals surface area (Å²) in [6.45, 7) is 19.9. The number of rotatable bonds is 46. The van der Waals surface area contributed by atoms with Crippen LogP contribution in [-0.4, -0.2) is 59.6 Å². The van der Waals surface area contributed by atoms with Crippen LogP contribution in [0.5, 0.6) is 17.2 Å². The molecule has 11 heteroatoms. The van der Waals surface area contributed by atoms with Gasteiger partial charge in [0.25, 0.3) is 0 Å². The van der Waals surface area contributed by atoms with Crippen molar-refractivity contribution in [1.29, 1.82) is 0 Å². The number of fused-ring (bicyclic) bond motifs is 5. The summed E-state index contributed by atoms with van der Waals surface area (Å²) in [5.41, 5.74) is 15.7. The molecule has 0 radical (unpaired) electrons. The number of aliphatic imine (C=N–C) groups is 3. The van der Waals surface area contributed by atoms with E-state index in [0.29, 0.717) is 45.0 Å². The van der Waals surface area contributed by atoms with E-state index in [4.69, 9.17) is 33.9 Å². The van der Waals surface area contributed by atoms with Crippen LogP contribution in [0.1, 0.15) is 304 Å². The third kappa shape index (κ3) is 22.7. The number of carbonyl (C=O) groups excluding carboxylic acids is 1. The zero-order chi connectivity index (χ0) is 67.7. The van der Waals surface area contributed by atoms with Gasteiger partial charge < -0.3 is 29.4 Å². The maximum absolute atomic E-state index is 13.9. The Labute approximate surface area is 580 Å². The van der Waals surface area contributed by atoms with Crippen molar-refractivity contribution in [2.45, 2.75) is 299 Å². The van der Waals surface area contributed by atoms with Crippen molar-refractivity contribution in [3.63, 3.8) is 0 Å². The molecule has 8 rings (SSSR count). The lowest BCUT2D eigenvalue weighted by Gasteiger charge is -2.19. The van der Waals surface area contributed by atoms with Crippen LogP contribution < -0.4 is 19.5 Å². The van der Waals surface area contributed by atoms with Crippen LogP contribution in [0, 0.1) is 23.7 Å². The molecule has 6 heterocycles. The molecule has 1 aromatic carbocycles. The van der Waals surface area contributed by atoms with Crippen molar-refractivity contribution in [2.75, 3.05) is 26.4 Å². The van der Waals surface area contributed by atoms with Gasteiger partial charge in [0.05, 0.1) is 66.2 Å². The quantitative estimate of drug-likeness (QED) is 0.0380. The Kier molecular flexibility index (Phi) is 32.5. The fourth-order valence-electron chi connectivity index (χ4n) is 14.5. The van der Waals surface area contributed by atoms with Gasteiger partial charge in [-0.1, -0.05) is 220 Å². The van der Waals surface area contributed by atoms with Crippen LogP contribution in [-0.2, 0) is 16.0 Å². The molecule has 522 valence electrons. The molecule has 0 saturated carbocycles. The van der Waals surface area contributed by atoms with E-state index < -0.39 is 0 Å². The lowest BCUT2D eigenvalue weighted by Crippen LogP contribution is -2.16. The molecule has 2 atom stereocenters. The van der Waals surface area contributed by atoms with E-state index >= 15 is 0 Å². The number of ether oxygens (including phenoxy) is 4. The zero-order valence-electron chi connectivity index (χ0n) is 60.8. The third-order valence-electron chi connectivity index (χ3n) is 20.5. The van der Waals surface area contributed by atoms with Crippen molar-refractivity contribution in [1.82, 2.24) is 10.3 Å².